The van der Waals surface area contributed by atoms with Crippen LogP contribution in [-0.2, 0) is 0 Å². The molecular weight excluding hydrogens is 204 g/mol. The van der Waals surface area contributed by atoms with Gasteiger partial charge in [0.15, 0.2) is 0 Å². The van der Waals surface area contributed by atoms with E-state index in [2.05, 4.69) is 63.2 Å². The topological polar surface area (TPSA) is 0 Å². The van der Waals surface area contributed by atoms with Crippen LogP contribution in [0.4, 0.5) is 0 Å². The SMILES string of the molecule is Cc1cc2cc3ccccc3cc2c(C)c1C. The molecule has 0 N–H and O–H groups in total. The van der Waals surface area contributed by atoms with E-state index >= 15 is 0 Å². The lowest BCUT2D eigenvalue weighted by molar-refractivity contribution is 1.30. The predicted molar refractivity (Wildman–Crippen MR) is 75.7 cm³/mol. The van der Waals surface area contributed by atoms with Crippen molar-refractivity contribution in [3.8, 4) is 0 Å². The molecule has 0 unspecified atom stereocenters. The molecule has 0 aliphatic rings. The van der Waals surface area contributed by atoms with Crippen LogP contribution in [0.15, 0.2) is 42.5 Å². The van der Waals surface area contributed by atoms with Gasteiger partial charge in [-0.25, -0.2) is 0 Å². The van der Waals surface area contributed by atoms with Crippen molar-refractivity contribution < 1.29 is 0 Å². The zero-order valence-electron chi connectivity index (χ0n) is 10.5. The van der Waals surface area contributed by atoms with Gasteiger partial charge in [-0.1, -0.05) is 30.3 Å². The molecule has 0 heterocycles. The van der Waals surface area contributed by atoms with Gasteiger partial charge in [0, 0.05) is 0 Å². The van der Waals surface area contributed by atoms with Gasteiger partial charge in [0.1, 0.15) is 0 Å². The Morgan fingerprint density at radius 1 is 0.647 bits per heavy atom. The summed E-state index contributed by atoms with van der Waals surface area (Å²) in [6.45, 7) is 6.62. The van der Waals surface area contributed by atoms with Gasteiger partial charge in [-0.15, -0.1) is 0 Å². The van der Waals surface area contributed by atoms with Crippen molar-refractivity contribution in [2.75, 3.05) is 0 Å². The standard InChI is InChI=1S/C17H16/c1-11-8-16-9-14-6-4-5-7-15(14)10-17(16)13(3)12(11)2/h4-10H,1-3H3. The fourth-order valence-electron chi connectivity index (χ4n) is 2.54. The summed E-state index contributed by atoms with van der Waals surface area (Å²) in [6, 6.07) is 15.5. The third kappa shape index (κ3) is 1.52. The monoisotopic (exact) mass is 220 g/mol. The summed E-state index contributed by atoms with van der Waals surface area (Å²) < 4.78 is 0. The predicted octanol–water partition coefficient (Wildman–Crippen LogP) is 4.92. The maximum Gasteiger partial charge on any atom is -0.0146 e. The first-order valence-electron chi connectivity index (χ1n) is 6.06. The minimum Gasteiger partial charge on any atom is -0.0616 e. The van der Waals surface area contributed by atoms with Gasteiger partial charge in [-0.3, -0.25) is 0 Å². The average molecular weight is 220 g/mol. The second-order valence-electron chi connectivity index (χ2n) is 4.86. The maximum atomic E-state index is 2.31. The molecule has 0 aliphatic carbocycles. The van der Waals surface area contributed by atoms with Crippen molar-refractivity contribution in [2.24, 2.45) is 0 Å². The Hall–Kier alpha value is -1.82. The number of aryl methyl sites for hydroxylation is 2. The lowest BCUT2D eigenvalue weighted by Gasteiger charge is -2.10. The molecule has 0 spiro atoms. The molecule has 0 heteroatoms. The summed E-state index contributed by atoms with van der Waals surface area (Å²) in [7, 11) is 0. The molecule has 0 radical (unpaired) electrons. The highest BCUT2D eigenvalue weighted by Gasteiger charge is 2.05. The Morgan fingerprint density at radius 3 is 2.00 bits per heavy atom. The Morgan fingerprint density at radius 2 is 1.29 bits per heavy atom. The summed E-state index contributed by atoms with van der Waals surface area (Å²) in [5, 5.41) is 5.38. The molecule has 3 aromatic carbocycles. The molecule has 0 bridgehead atoms. The van der Waals surface area contributed by atoms with Crippen LogP contribution in [0.2, 0.25) is 0 Å². The van der Waals surface area contributed by atoms with Crippen molar-refractivity contribution in [1.82, 2.24) is 0 Å². The third-order valence-electron chi connectivity index (χ3n) is 3.85. The van der Waals surface area contributed by atoms with Crippen LogP contribution in [0.3, 0.4) is 0 Å². The van der Waals surface area contributed by atoms with Crippen LogP contribution >= 0.6 is 0 Å². The van der Waals surface area contributed by atoms with Gasteiger partial charge in [-0.2, -0.15) is 0 Å². The van der Waals surface area contributed by atoms with Crippen LogP contribution in [0, 0.1) is 20.8 Å². The fraction of sp³-hybridized carbons (Fsp3) is 0.176. The van der Waals surface area contributed by atoms with E-state index in [9.17, 15) is 0 Å². The number of fused-ring (bicyclic) bond motifs is 2. The molecule has 84 valence electrons. The molecule has 0 nitrogen and oxygen atoms in total. The highest BCUT2D eigenvalue weighted by atomic mass is 14.1. The summed E-state index contributed by atoms with van der Waals surface area (Å²) in [5.41, 5.74) is 4.20. The molecule has 0 aliphatic heterocycles. The van der Waals surface area contributed by atoms with E-state index in [1.807, 2.05) is 0 Å². The molecule has 0 saturated heterocycles. The van der Waals surface area contributed by atoms with E-state index in [0.717, 1.165) is 0 Å². The summed E-state index contributed by atoms with van der Waals surface area (Å²) in [5.74, 6) is 0. The van der Waals surface area contributed by atoms with Gasteiger partial charge in [-0.05, 0) is 71.1 Å². The Balaban J connectivity index is 2.52. The smallest absolute Gasteiger partial charge is 0.0146 e. The van der Waals surface area contributed by atoms with Crippen LogP contribution < -0.4 is 0 Å². The summed E-state index contributed by atoms with van der Waals surface area (Å²) >= 11 is 0. The average Bonchev–Trinajstić information content (AvgIpc) is 2.34. The molecule has 0 saturated carbocycles. The second-order valence-corrected chi connectivity index (χ2v) is 4.86. The molecule has 3 aromatic rings. The number of hydrogen-bond donors (Lipinski definition) is 0. The highest BCUT2D eigenvalue weighted by molar-refractivity contribution is 6.00. The first-order chi connectivity index (χ1) is 8.16. The van der Waals surface area contributed by atoms with E-state index in [1.165, 1.54) is 38.2 Å². The van der Waals surface area contributed by atoms with Gasteiger partial charge in [0.25, 0.3) is 0 Å². The summed E-state index contributed by atoms with van der Waals surface area (Å²) in [4.78, 5) is 0. The summed E-state index contributed by atoms with van der Waals surface area (Å²) in [6.07, 6.45) is 0. The van der Waals surface area contributed by atoms with Gasteiger partial charge < -0.3 is 0 Å². The quantitative estimate of drug-likeness (QED) is 0.472. The van der Waals surface area contributed by atoms with Crippen LogP contribution in [0.5, 0.6) is 0 Å². The maximum absolute atomic E-state index is 2.31. The van der Waals surface area contributed by atoms with Gasteiger partial charge in [0.05, 0.1) is 0 Å². The normalized spacial score (nSPS) is 11.2. The van der Waals surface area contributed by atoms with Crippen molar-refractivity contribution in [1.29, 1.82) is 0 Å². The molecule has 0 aromatic heterocycles. The first kappa shape index (κ1) is 10.3. The Bertz CT molecular complexity index is 721. The first-order valence-corrected chi connectivity index (χ1v) is 6.06. The van der Waals surface area contributed by atoms with Crippen molar-refractivity contribution >= 4 is 21.5 Å². The number of hydrogen-bond acceptors (Lipinski definition) is 0. The van der Waals surface area contributed by atoms with E-state index in [4.69, 9.17) is 0 Å². The number of benzene rings is 3. The van der Waals surface area contributed by atoms with Crippen molar-refractivity contribution in [3.63, 3.8) is 0 Å². The van der Waals surface area contributed by atoms with Crippen molar-refractivity contribution in [3.05, 3.63) is 59.2 Å². The minimum atomic E-state index is 1.32. The molecule has 0 atom stereocenters. The van der Waals surface area contributed by atoms with Gasteiger partial charge >= 0.3 is 0 Å². The number of rotatable bonds is 0. The van der Waals surface area contributed by atoms with Gasteiger partial charge in [0.2, 0.25) is 0 Å². The van der Waals surface area contributed by atoms with E-state index in [-0.39, 0.29) is 0 Å². The molecule has 0 amide bonds. The molecule has 3 rings (SSSR count). The zero-order valence-corrected chi connectivity index (χ0v) is 10.5. The molecular formula is C17H16. The minimum absolute atomic E-state index is 1.32. The fourth-order valence-corrected chi connectivity index (χ4v) is 2.54. The molecule has 17 heavy (non-hydrogen) atoms. The largest absolute Gasteiger partial charge is 0.0616 e. The Kier molecular flexibility index (Phi) is 2.19. The van der Waals surface area contributed by atoms with E-state index in [0.29, 0.717) is 0 Å². The molecule has 0 fully saturated rings. The van der Waals surface area contributed by atoms with Crippen molar-refractivity contribution in [2.45, 2.75) is 20.8 Å². The lowest BCUT2D eigenvalue weighted by Crippen LogP contribution is -1.89. The van der Waals surface area contributed by atoms with E-state index < -0.39 is 0 Å². The highest BCUT2D eigenvalue weighted by Crippen LogP contribution is 2.28. The second kappa shape index (κ2) is 3.59. The van der Waals surface area contributed by atoms with Crippen LogP contribution in [-0.4, -0.2) is 0 Å². The third-order valence-corrected chi connectivity index (χ3v) is 3.85. The van der Waals surface area contributed by atoms with E-state index in [1.54, 1.807) is 0 Å². The van der Waals surface area contributed by atoms with Crippen LogP contribution in [0.1, 0.15) is 16.7 Å². The zero-order chi connectivity index (χ0) is 12.0. The lowest BCUT2D eigenvalue weighted by atomic mass is 9.94. The van der Waals surface area contributed by atoms with Crippen LogP contribution in [0.25, 0.3) is 21.5 Å². The Labute approximate surface area is 102 Å².